The Balaban J connectivity index is 2.65. The zero-order valence-corrected chi connectivity index (χ0v) is 6.78. The predicted octanol–water partition coefficient (Wildman–Crippen LogP) is 0.637. The number of amides is 1. The molecule has 72 valence electrons. The summed E-state index contributed by atoms with van der Waals surface area (Å²) in [5, 5.41) is 3.69. The lowest BCUT2D eigenvalue weighted by atomic mass is 10.4. The molecule has 0 saturated heterocycles. The Morgan fingerprint density at radius 1 is 1.69 bits per heavy atom. The summed E-state index contributed by atoms with van der Waals surface area (Å²) >= 11 is 0. The zero-order valence-electron chi connectivity index (χ0n) is 6.78. The first-order chi connectivity index (χ1) is 6.11. The maximum absolute atomic E-state index is 11.8. The number of carbonyl (C=O) groups is 1. The normalized spacial score (nSPS) is 10.7. The van der Waals surface area contributed by atoms with Crippen LogP contribution in [0.3, 0.4) is 0 Å². The largest absolute Gasteiger partial charge is 0.364 e. The van der Waals surface area contributed by atoms with Crippen molar-refractivity contribution in [2.24, 2.45) is 5.73 Å². The van der Waals surface area contributed by atoms with Crippen LogP contribution in [0, 0.1) is 0 Å². The number of aromatic nitrogens is 2. The number of primary amides is 1. The number of carbonyl (C=O) groups excluding carboxylic acids is 1. The standard InChI is InChI=1S/C7H9F2N3O/c8-6(9)2-4-12-5(7(10)13)1-3-11-12/h1,3,6H,2,4H2,(H2,10,13). The molecule has 6 heteroatoms. The molecule has 0 aliphatic rings. The first kappa shape index (κ1) is 9.63. The predicted molar refractivity (Wildman–Crippen MR) is 41.4 cm³/mol. The lowest BCUT2D eigenvalue weighted by molar-refractivity contribution is 0.0981. The van der Waals surface area contributed by atoms with Gasteiger partial charge in [0.05, 0.1) is 0 Å². The molecule has 13 heavy (non-hydrogen) atoms. The van der Waals surface area contributed by atoms with Gasteiger partial charge in [-0.1, -0.05) is 0 Å². The van der Waals surface area contributed by atoms with Crippen molar-refractivity contribution >= 4 is 5.91 Å². The third kappa shape index (κ3) is 2.50. The smallest absolute Gasteiger partial charge is 0.266 e. The molecule has 2 N–H and O–H groups in total. The van der Waals surface area contributed by atoms with Crippen LogP contribution in [0.25, 0.3) is 0 Å². The van der Waals surface area contributed by atoms with Gasteiger partial charge in [0, 0.05) is 19.2 Å². The number of nitrogens with two attached hydrogens (primary N) is 1. The third-order valence-electron chi connectivity index (χ3n) is 1.53. The van der Waals surface area contributed by atoms with Crippen LogP contribution in [-0.2, 0) is 6.54 Å². The Morgan fingerprint density at radius 3 is 2.92 bits per heavy atom. The maximum atomic E-state index is 11.8. The van der Waals surface area contributed by atoms with Gasteiger partial charge < -0.3 is 5.73 Å². The van der Waals surface area contributed by atoms with Gasteiger partial charge in [-0.15, -0.1) is 0 Å². The highest BCUT2D eigenvalue weighted by Gasteiger charge is 2.09. The van der Waals surface area contributed by atoms with Gasteiger partial charge in [-0.25, -0.2) is 8.78 Å². The molecule has 0 unspecified atom stereocenters. The number of rotatable bonds is 4. The molecule has 0 aromatic carbocycles. The van der Waals surface area contributed by atoms with Crippen LogP contribution in [0.15, 0.2) is 12.3 Å². The van der Waals surface area contributed by atoms with Crippen molar-refractivity contribution in [1.82, 2.24) is 9.78 Å². The second-order valence-electron chi connectivity index (χ2n) is 2.48. The van der Waals surface area contributed by atoms with Gasteiger partial charge >= 0.3 is 0 Å². The van der Waals surface area contributed by atoms with E-state index in [9.17, 15) is 13.6 Å². The van der Waals surface area contributed by atoms with Crippen LogP contribution in [-0.4, -0.2) is 22.1 Å². The SMILES string of the molecule is NC(=O)c1ccnn1CCC(F)F. The molecule has 4 nitrogen and oxygen atoms in total. The van der Waals surface area contributed by atoms with Crippen molar-refractivity contribution in [3.8, 4) is 0 Å². The van der Waals surface area contributed by atoms with E-state index in [0.717, 1.165) is 0 Å². The number of hydrogen-bond donors (Lipinski definition) is 1. The molecule has 0 fully saturated rings. The maximum Gasteiger partial charge on any atom is 0.266 e. The number of alkyl halides is 2. The molecule has 0 radical (unpaired) electrons. The quantitative estimate of drug-likeness (QED) is 0.755. The van der Waals surface area contributed by atoms with E-state index in [0.29, 0.717) is 0 Å². The first-order valence-corrected chi connectivity index (χ1v) is 3.71. The molecule has 1 aromatic heterocycles. The van der Waals surface area contributed by atoms with Crippen molar-refractivity contribution in [3.05, 3.63) is 18.0 Å². The molecule has 1 aromatic rings. The zero-order chi connectivity index (χ0) is 9.84. The number of hydrogen-bond acceptors (Lipinski definition) is 2. The van der Waals surface area contributed by atoms with E-state index in [-0.39, 0.29) is 18.7 Å². The van der Waals surface area contributed by atoms with Crippen LogP contribution in [0.5, 0.6) is 0 Å². The molecule has 0 spiro atoms. The number of aryl methyl sites for hydroxylation is 1. The molecular formula is C7H9F2N3O. The van der Waals surface area contributed by atoms with E-state index in [1.807, 2.05) is 0 Å². The fourth-order valence-corrected chi connectivity index (χ4v) is 0.940. The molecule has 0 saturated carbocycles. The minimum atomic E-state index is -2.40. The number of nitrogens with zero attached hydrogens (tertiary/aromatic N) is 2. The highest BCUT2D eigenvalue weighted by molar-refractivity contribution is 5.90. The topological polar surface area (TPSA) is 60.9 Å². The van der Waals surface area contributed by atoms with E-state index in [1.54, 1.807) is 0 Å². The van der Waals surface area contributed by atoms with Crippen molar-refractivity contribution in [3.63, 3.8) is 0 Å². The highest BCUT2D eigenvalue weighted by atomic mass is 19.3. The fraction of sp³-hybridized carbons (Fsp3) is 0.429. The van der Waals surface area contributed by atoms with Gasteiger partial charge in [0.15, 0.2) is 0 Å². The average Bonchev–Trinajstić information content (AvgIpc) is 2.47. The van der Waals surface area contributed by atoms with Gasteiger partial charge in [-0.05, 0) is 6.07 Å². The summed E-state index contributed by atoms with van der Waals surface area (Å²) in [6.45, 7) is 0.00292. The van der Waals surface area contributed by atoms with Crippen molar-refractivity contribution < 1.29 is 13.6 Å². The van der Waals surface area contributed by atoms with Crippen LogP contribution in [0.2, 0.25) is 0 Å². The average molecular weight is 189 g/mol. The van der Waals surface area contributed by atoms with Crippen molar-refractivity contribution in [1.29, 1.82) is 0 Å². The van der Waals surface area contributed by atoms with Crippen LogP contribution >= 0.6 is 0 Å². The van der Waals surface area contributed by atoms with E-state index >= 15 is 0 Å². The molecule has 0 aliphatic heterocycles. The van der Waals surface area contributed by atoms with Gasteiger partial charge in [0.1, 0.15) is 5.69 Å². The van der Waals surface area contributed by atoms with Crippen molar-refractivity contribution in [2.45, 2.75) is 19.4 Å². The molecule has 0 bridgehead atoms. The molecule has 0 atom stereocenters. The Hall–Kier alpha value is -1.46. The lowest BCUT2D eigenvalue weighted by Gasteiger charge is -2.03. The Labute approximate surface area is 73.3 Å². The molecule has 1 amide bonds. The van der Waals surface area contributed by atoms with Crippen LogP contribution < -0.4 is 5.73 Å². The van der Waals surface area contributed by atoms with Crippen LogP contribution in [0.1, 0.15) is 16.9 Å². The van der Waals surface area contributed by atoms with Gasteiger partial charge in [-0.2, -0.15) is 5.10 Å². The Morgan fingerprint density at radius 2 is 2.38 bits per heavy atom. The Kier molecular flexibility index (Phi) is 2.94. The lowest BCUT2D eigenvalue weighted by Crippen LogP contribution is -2.18. The third-order valence-corrected chi connectivity index (χ3v) is 1.53. The summed E-state index contributed by atoms with van der Waals surface area (Å²) in [6.07, 6.45) is -1.38. The summed E-state index contributed by atoms with van der Waals surface area (Å²) in [6, 6.07) is 1.40. The monoisotopic (exact) mass is 189 g/mol. The second-order valence-corrected chi connectivity index (χ2v) is 2.48. The van der Waals surface area contributed by atoms with E-state index in [4.69, 9.17) is 5.73 Å². The fourth-order valence-electron chi connectivity index (χ4n) is 0.940. The summed E-state index contributed by atoms with van der Waals surface area (Å²) in [5.74, 6) is -0.660. The Bertz CT molecular complexity index is 298. The van der Waals surface area contributed by atoms with Crippen LogP contribution in [0.4, 0.5) is 8.78 Å². The van der Waals surface area contributed by atoms with Gasteiger partial charge in [-0.3, -0.25) is 9.48 Å². The minimum Gasteiger partial charge on any atom is -0.364 e. The van der Waals surface area contributed by atoms with Gasteiger partial charge in [0.25, 0.3) is 5.91 Å². The summed E-state index contributed by atoms with van der Waals surface area (Å²) < 4.78 is 24.8. The molecule has 1 heterocycles. The van der Waals surface area contributed by atoms with E-state index in [2.05, 4.69) is 5.10 Å². The summed E-state index contributed by atoms with van der Waals surface area (Å²) in [7, 11) is 0. The van der Waals surface area contributed by atoms with Gasteiger partial charge in [0.2, 0.25) is 6.43 Å². The summed E-state index contributed by atoms with van der Waals surface area (Å²) in [5.41, 5.74) is 5.13. The van der Waals surface area contributed by atoms with E-state index in [1.165, 1.54) is 16.9 Å². The van der Waals surface area contributed by atoms with E-state index < -0.39 is 12.3 Å². The molecule has 1 rings (SSSR count). The second kappa shape index (κ2) is 3.97. The number of halogens is 2. The molecular weight excluding hydrogens is 180 g/mol. The molecule has 0 aliphatic carbocycles. The highest BCUT2D eigenvalue weighted by Crippen LogP contribution is 2.04. The van der Waals surface area contributed by atoms with Crippen molar-refractivity contribution in [2.75, 3.05) is 0 Å². The minimum absolute atomic E-state index is 0.00292. The summed E-state index contributed by atoms with van der Waals surface area (Å²) in [4.78, 5) is 10.7. The first-order valence-electron chi connectivity index (χ1n) is 3.71.